The van der Waals surface area contributed by atoms with Gasteiger partial charge in [0.15, 0.2) is 0 Å². The molecule has 0 radical (unpaired) electrons. The minimum absolute atomic E-state index is 0.0458. The highest BCUT2D eigenvalue weighted by Crippen LogP contribution is 2.72. The first-order valence-electron chi connectivity index (χ1n) is 12.2. The molecular weight excluding hydrogens is 793 g/mol. The Morgan fingerprint density at radius 3 is 1.60 bits per heavy atom. The van der Waals surface area contributed by atoms with Crippen molar-refractivity contribution in [3.8, 4) is 0 Å². The normalized spacial score (nSPS) is 27.6. The van der Waals surface area contributed by atoms with Crippen LogP contribution in [0.3, 0.4) is 0 Å². The molecule has 0 saturated heterocycles. The van der Waals surface area contributed by atoms with Crippen LogP contribution in [0.25, 0.3) is 0 Å². The van der Waals surface area contributed by atoms with Gasteiger partial charge in [0.05, 0.1) is 10.3 Å². The van der Waals surface area contributed by atoms with Crippen LogP contribution in [0.4, 0.5) is 0 Å². The summed E-state index contributed by atoms with van der Waals surface area (Å²) in [7, 11) is -2.27. The average Bonchev–Trinajstić information content (AvgIpc) is 2.83. The molecule has 0 atom stereocenters. The van der Waals surface area contributed by atoms with Gasteiger partial charge in [-0.15, -0.1) is 0 Å². The SMILES string of the molecule is O=C(OS(c1ccccc1)(c1ccccc1)c1c(I)cc(I)cc1I)C12CC3CC(CC(C3)C1)C2. The molecule has 4 aliphatic rings. The van der Waals surface area contributed by atoms with Crippen LogP contribution in [0.2, 0.25) is 0 Å². The Morgan fingerprint density at radius 2 is 1.17 bits per heavy atom. The van der Waals surface area contributed by atoms with E-state index in [0.717, 1.165) is 41.1 Å². The number of hydrogen-bond acceptors (Lipinski definition) is 2. The topological polar surface area (TPSA) is 26.3 Å². The number of rotatable bonds is 5. The lowest BCUT2D eigenvalue weighted by Crippen LogP contribution is -2.50. The zero-order valence-electron chi connectivity index (χ0n) is 19.3. The molecular formula is C29H27I3O2S. The lowest BCUT2D eigenvalue weighted by Gasteiger charge is -2.56. The summed E-state index contributed by atoms with van der Waals surface area (Å²) in [5.41, 5.74) is -0.309. The Labute approximate surface area is 250 Å². The van der Waals surface area contributed by atoms with Crippen LogP contribution >= 0.6 is 78.1 Å². The summed E-state index contributed by atoms with van der Waals surface area (Å²) in [5, 5.41) is 0. The maximum Gasteiger partial charge on any atom is 0.323 e. The Kier molecular flexibility index (Phi) is 6.97. The van der Waals surface area contributed by atoms with E-state index < -0.39 is 10.3 Å². The molecule has 0 spiro atoms. The second-order valence-corrected chi connectivity index (χ2v) is 16.6. The molecule has 0 aliphatic heterocycles. The van der Waals surface area contributed by atoms with E-state index in [0.29, 0.717) is 17.8 Å². The molecule has 35 heavy (non-hydrogen) atoms. The summed E-state index contributed by atoms with van der Waals surface area (Å²) < 4.78 is 10.6. The van der Waals surface area contributed by atoms with E-state index in [4.69, 9.17) is 4.18 Å². The van der Waals surface area contributed by atoms with Crippen molar-refractivity contribution < 1.29 is 8.98 Å². The molecule has 3 aromatic carbocycles. The molecule has 6 heteroatoms. The summed E-state index contributed by atoms with van der Waals surface area (Å²) in [6.07, 6.45) is 6.98. The predicted molar refractivity (Wildman–Crippen MR) is 167 cm³/mol. The number of carbonyl (C=O) groups is 1. The van der Waals surface area contributed by atoms with Gasteiger partial charge in [-0.2, -0.15) is 0 Å². The summed E-state index contributed by atoms with van der Waals surface area (Å²) in [4.78, 5) is 17.8. The average molecular weight is 820 g/mol. The van der Waals surface area contributed by atoms with E-state index in [-0.39, 0.29) is 11.4 Å². The van der Waals surface area contributed by atoms with Gasteiger partial charge in [-0.1, -0.05) is 36.4 Å². The second kappa shape index (κ2) is 9.76. The van der Waals surface area contributed by atoms with E-state index in [1.807, 2.05) is 12.1 Å². The molecule has 4 fully saturated rings. The van der Waals surface area contributed by atoms with Crippen LogP contribution in [0.1, 0.15) is 38.5 Å². The third-order valence-corrected chi connectivity index (χ3v) is 14.4. The number of carbonyl (C=O) groups excluding carboxylic acids is 1. The van der Waals surface area contributed by atoms with Gasteiger partial charge in [0.25, 0.3) is 0 Å². The van der Waals surface area contributed by atoms with E-state index in [9.17, 15) is 4.79 Å². The summed E-state index contributed by atoms with van der Waals surface area (Å²) in [5.74, 6) is 2.14. The molecule has 7 rings (SSSR count). The lowest BCUT2D eigenvalue weighted by atomic mass is 9.49. The highest BCUT2D eigenvalue weighted by Gasteiger charge is 2.57. The van der Waals surface area contributed by atoms with Gasteiger partial charge in [-0.05, 0) is 171 Å². The summed E-state index contributed by atoms with van der Waals surface area (Å²) in [6.45, 7) is 0. The van der Waals surface area contributed by atoms with Crippen LogP contribution < -0.4 is 0 Å². The van der Waals surface area contributed by atoms with Crippen molar-refractivity contribution in [3.63, 3.8) is 0 Å². The molecule has 4 aliphatic carbocycles. The third kappa shape index (κ3) is 4.39. The zero-order chi connectivity index (χ0) is 24.2. The van der Waals surface area contributed by atoms with E-state index >= 15 is 0 Å². The molecule has 3 aromatic rings. The first-order chi connectivity index (χ1) is 16.9. The Hall–Kier alpha value is -0.330. The fraction of sp³-hybridized carbons (Fsp3) is 0.345. The van der Waals surface area contributed by atoms with Crippen LogP contribution in [0.5, 0.6) is 0 Å². The van der Waals surface area contributed by atoms with Crippen LogP contribution in [0.15, 0.2) is 87.5 Å². The van der Waals surface area contributed by atoms with Gasteiger partial charge in [0.1, 0.15) is 0 Å². The molecule has 182 valence electrons. The quantitative estimate of drug-likeness (QED) is 0.240. The first-order valence-corrected chi connectivity index (χ1v) is 17.0. The lowest BCUT2D eigenvalue weighted by molar-refractivity contribution is -0.160. The largest absolute Gasteiger partial charge is 0.401 e. The van der Waals surface area contributed by atoms with Gasteiger partial charge in [-0.3, -0.25) is 4.79 Å². The van der Waals surface area contributed by atoms with Crippen LogP contribution in [-0.2, 0) is 8.98 Å². The van der Waals surface area contributed by atoms with Crippen molar-refractivity contribution in [3.05, 3.63) is 83.5 Å². The minimum Gasteiger partial charge on any atom is -0.401 e. The fourth-order valence-electron chi connectivity index (χ4n) is 7.10. The van der Waals surface area contributed by atoms with Gasteiger partial charge < -0.3 is 4.18 Å². The summed E-state index contributed by atoms with van der Waals surface area (Å²) in [6, 6.07) is 25.4. The zero-order valence-corrected chi connectivity index (χ0v) is 26.6. The standard InChI is InChI=1S/C29H27I3O2S/c30-22-14-25(31)27(26(32)15-22)35(23-7-3-1-4-8-23,24-9-5-2-6-10-24)34-28(33)29-16-19-11-20(17-29)13-21(12-19)18-29/h1-10,14-15,19-21H,11-13,16-18H2. The van der Waals surface area contributed by atoms with Crippen molar-refractivity contribution >= 4 is 84.1 Å². The van der Waals surface area contributed by atoms with Crippen molar-refractivity contribution in [1.82, 2.24) is 0 Å². The van der Waals surface area contributed by atoms with Crippen molar-refractivity contribution in [1.29, 1.82) is 0 Å². The Bertz CT molecular complexity index is 1160. The second-order valence-electron chi connectivity index (χ2n) is 10.4. The smallest absolute Gasteiger partial charge is 0.323 e. The molecule has 0 aromatic heterocycles. The van der Waals surface area contributed by atoms with Crippen LogP contribution in [-0.4, -0.2) is 5.97 Å². The van der Waals surface area contributed by atoms with Crippen LogP contribution in [0, 0.1) is 33.9 Å². The number of hydrogen-bond donors (Lipinski definition) is 0. The fourth-order valence-corrected chi connectivity index (χ4v) is 15.7. The number of benzene rings is 3. The summed E-state index contributed by atoms with van der Waals surface area (Å²) >= 11 is 7.28. The third-order valence-electron chi connectivity index (χ3n) is 8.07. The van der Waals surface area contributed by atoms with E-state index in [1.165, 1.54) is 22.8 Å². The molecule has 0 heterocycles. The Balaban J connectivity index is 1.56. The van der Waals surface area contributed by atoms with Crippen molar-refractivity contribution in [2.75, 3.05) is 0 Å². The molecule has 4 bridgehead atoms. The minimum atomic E-state index is -2.27. The maximum absolute atomic E-state index is 14.5. The van der Waals surface area contributed by atoms with E-state index in [2.05, 4.69) is 128 Å². The molecule has 2 nitrogen and oxygen atoms in total. The maximum atomic E-state index is 14.5. The molecule has 0 unspecified atom stereocenters. The van der Waals surface area contributed by atoms with Gasteiger partial charge >= 0.3 is 5.97 Å². The highest BCUT2D eigenvalue weighted by molar-refractivity contribution is 14.1. The Morgan fingerprint density at radius 1 is 0.743 bits per heavy atom. The molecule has 0 amide bonds. The predicted octanol–water partition coefficient (Wildman–Crippen LogP) is 9.46. The molecule has 0 N–H and O–H groups in total. The first kappa shape index (κ1) is 25.0. The number of halogens is 3. The highest BCUT2D eigenvalue weighted by atomic mass is 127. The van der Waals surface area contributed by atoms with E-state index in [1.54, 1.807) is 0 Å². The monoisotopic (exact) mass is 820 g/mol. The van der Waals surface area contributed by atoms with Gasteiger partial charge in [-0.25, -0.2) is 0 Å². The van der Waals surface area contributed by atoms with Gasteiger partial charge in [0.2, 0.25) is 0 Å². The molecule has 4 saturated carbocycles. The van der Waals surface area contributed by atoms with Crippen molar-refractivity contribution in [2.24, 2.45) is 23.2 Å². The van der Waals surface area contributed by atoms with Crippen molar-refractivity contribution in [2.45, 2.75) is 53.2 Å². The van der Waals surface area contributed by atoms with Gasteiger partial charge in [0, 0.05) is 20.5 Å².